The summed E-state index contributed by atoms with van der Waals surface area (Å²) in [5.74, 6) is -1.07. The first-order valence-corrected chi connectivity index (χ1v) is 4.46. The molecule has 0 amide bonds. The first-order valence-electron chi connectivity index (χ1n) is 3.58. The molecule has 0 aliphatic carbocycles. The fourth-order valence-corrected chi connectivity index (χ4v) is 1.59. The van der Waals surface area contributed by atoms with Gasteiger partial charge in [-0.15, -0.1) is 0 Å². The number of carboxylic acid groups (broad SMARTS) is 1. The van der Waals surface area contributed by atoms with Gasteiger partial charge in [0.15, 0.2) is 0 Å². The van der Waals surface area contributed by atoms with Gasteiger partial charge in [0, 0.05) is 16.6 Å². The highest BCUT2D eigenvalue weighted by Crippen LogP contribution is 2.03. The summed E-state index contributed by atoms with van der Waals surface area (Å²) >= 11 is 1.06. The summed E-state index contributed by atoms with van der Waals surface area (Å²) in [6, 6.07) is 0. The Hall–Kier alpha value is -1.36. The molecule has 0 spiro atoms. The molecule has 0 aromatic carbocycles. The minimum atomic E-state index is -1.07. The van der Waals surface area contributed by atoms with Gasteiger partial charge in [-0.2, -0.15) is 0 Å². The SMILES string of the molecule is C=C(Cn1c(C)csc1=O)C(=O)O. The van der Waals surface area contributed by atoms with Crippen molar-refractivity contribution >= 4 is 17.3 Å². The number of hydrogen-bond donors (Lipinski definition) is 1. The zero-order valence-corrected chi connectivity index (χ0v) is 7.93. The maximum Gasteiger partial charge on any atom is 0.332 e. The molecule has 5 heteroatoms. The molecule has 0 radical (unpaired) electrons. The fraction of sp³-hybridized carbons (Fsp3) is 0.250. The van der Waals surface area contributed by atoms with Crippen LogP contribution in [-0.2, 0) is 11.3 Å². The van der Waals surface area contributed by atoms with Gasteiger partial charge in [0.25, 0.3) is 0 Å². The van der Waals surface area contributed by atoms with Crippen molar-refractivity contribution in [3.63, 3.8) is 0 Å². The molecule has 0 atom stereocenters. The van der Waals surface area contributed by atoms with Crippen molar-refractivity contribution < 1.29 is 9.90 Å². The third kappa shape index (κ3) is 2.06. The summed E-state index contributed by atoms with van der Waals surface area (Å²) in [5, 5.41) is 10.2. The second-order valence-corrected chi connectivity index (χ2v) is 3.46. The zero-order valence-electron chi connectivity index (χ0n) is 7.11. The van der Waals surface area contributed by atoms with Crippen molar-refractivity contribution in [1.82, 2.24) is 4.57 Å². The van der Waals surface area contributed by atoms with E-state index in [9.17, 15) is 9.59 Å². The Morgan fingerprint density at radius 1 is 1.77 bits per heavy atom. The second-order valence-electron chi connectivity index (χ2n) is 2.64. The molecule has 1 rings (SSSR count). The lowest BCUT2D eigenvalue weighted by Crippen LogP contribution is -2.18. The molecule has 0 aliphatic heterocycles. The van der Waals surface area contributed by atoms with E-state index < -0.39 is 5.97 Å². The molecule has 0 bridgehead atoms. The average Bonchev–Trinajstić information content (AvgIpc) is 2.35. The molecule has 0 unspecified atom stereocenters. The summed E-state index contributed by atoms with van der Waals surface area (Å²) in [6.45, 7) is 5.17. The summed E-state index contributed by atoms with van der Waals surface area (Å²) in [5.41, 5.74) is 0.779. The molecule has 0 aliphatic rings. The molecule has 1 aromatic heterocycles. The monoisotopic (exact) mass is 199 g/mol. The minimum Gasteiger partial charge on any atom is -0.478 e. The van der Waals surface area contributed by atoms with Crippen molar-refractivity contribution in [3.8, 4) is 0 Å². The Labute approximate surface area is 78.8 Å². The van der Waals surface area contributed by atoms with Crippen LogP contribution >= 0.6 is 11.3 Å². The van der Waals surface area contributed by atoms with Crippen LogP contribution in [0.1, 0.15) is 5.69 Å². The Morgan fingerprint density at radius 2 is 2.38 bits per heavy atom. The molecule has 1 N–H and O–H groups in total. The molecular weight excluding hydrogens is 190 g/mol. The van der Waals surface area contributed by atoms with Crippen molar-refractivity contribution in [1.29, 1.82) is 0 Å². The normalized spacial score (nSPS) is 9.92. The predicted molar refractivity (Wildman–Crippen MR) is 50.1 cm³/mol. The number of carboxylic acids is 1. The topological polar surface area (TPSA) is 59.3 Å². The summed E-state index contributed by atoms with van der Waals surface area (Å²) in [6.07, 6.45) is 0. The van der Waals surface area contributed by atoms with Gasteiger partial charge < -0.3 is 5.11 Å². The van der Waals surface area contributed by atoms with Gasteiger partial charge in [0.1, 0.15) is 0 Å². The Bertz CT molecular complexity index is 402. The van der Waals surface area contributed by atoms with E-state index in [-0.39, 0.29) is 17.0 Å². The first kappa shape index (κ1) is 9.73. The lowest BCUT2D eigenvalue weighted by Gasteiger charge is -2.02. The summed E-state index contributed by atoms with van der Waals surface area (Å²) in [7, 11) is 0. The third-order valence-corrected chi connectivity index (χ3v) is 2.51. The van der Waals surface area contributed by atoms with Gasteiger partial charge in [-0.3, -0.25) is 9.36 Å². The highest BCUT2D eigenvalue weighted by Gasteiger charge is 2.08. The van der Waals surface area contributed by atoms with Crippen LogP contribution in [0.4, 0.5) is 0 Å². The lowest BCUT2D eigenvalue weighted by molar-refractivity contribution is -0.132. The van der Waals surface area contributed by atoms with Crippen molar-refractivity contribution in [3.05, 3.63) is 32.9 Å². The Morgan fingerprint density at radius 3 is 2.77 bits per heavy atom. The number of aryl methyl sites for hydroxylation is 1. The smallest absolute Gasteiger partial charge is 0.332 e. The summed E-state index contributed by atoms with van der Waals surface area (Å²) < 4.78 is 1.39. The highest BCUT2D eigenvalue weighted by atomic mass is 32.1. The van der Waals surface area contributed by atoms with Crippen LogP contribution in [-0.4, -0.2) is 15.6 Å². The minimum absolute atomic E-state index is 0.0172. The number of rotatable bonds is 3. The Balaban J connectivity index is 2.92. The number of carbonyl (C=O) groups is 1. The number of aromatic nitrogens is 1. The zero-order chi connectivity index (χ0) is 10.0. The molecule has 70 valence electrons. The van der Waals surface area contributed by atoms with Crippen LogP contribution in [0.2, 0.25) is 0 Å². The number of nitrogens with zero attached hydrogens (tertiary/aromatic N) is 1. The van der Waals surface area contributed by atoms with Crippen LogP contribution in [0.3, 0.4) is 0 Å². The van der Waals surface area contributed by atoms with Crippen LogP contribution in [0.5, 0.6) is 0 Å². The van der Waals surface area contributed by atoms with Crippen molar-refractivity contribution in [2.75, 3.05) is 0 Å². The molecule has 0 saturated carbocycles. The van der Waals surface area contributed by atoms with Gasteiger partial charge in [-0.25, -0.2) is 4.79 Å². The first-order chi connectivity index (χ1) is 6.02. The van der Waals surface area contributed by atoms with Crippen LogP contribution < -0.4 is 4.87 Å². The maximum atomic E-state index is 11.1. The van der Waals surface area contributed by atoms with Crippen LogP contribution in [0.25, 0.3) is 0 Å². The molecule has 4 nitrogen and oxygen atoms in total. The van der Waals surface area contributed by atoms with Crippen molar-refractivity contribution in [2.45, 2.75) is 13.5 Å². The van der Waals surface area contributed by atoms with E-state index in [0.717, 1.165) is 17.0 Å². The predicted octanol–water partition coefficient (Wildman–Crippen LogP) is 0.859. The maximum absolute atomic E-state index is 11.1. The van der Waals surface area contributed by atoms with E-state index in [1.54, 1.807) is 12.3 Å². The third-order valence-electron chi connectivity index (χ3n) is 1.63. The van der Waals surface area contributed by atoms with E-state index in [2.05, 4.69) is 6.58 Å². The quantitative estimate of drug-likeness (QED) is 0.734. The molecular formula is C8H9NO3S. The largest absolute Gasteiger partial charge is 0.478 e. The molecule has 1 heterocycles. The van der Waals surface area contributed by atoms with Gasteiger partial charge in [0.05, 0.1) is 6.54 Å². The Kier molecular flexibility index (Phi) is 2.67. The standard InChI is InChI=1S/C8H9NO3S/c1-5(7(10)11)3-9-6(2)4-13-8(9)12/h4H,1,3H2,2H3,(H,10,11). The molecule has 1 aromatic rings. The average molecular weight is 199 g/mol. The van der Waals surface area contributed by atoms with E-state index >= 15 is 0 Å². The van der Waals surface area contributed by atoms with Crippen LogP contribution in [0.15, 0.2) is 22.3 Å². The van der Waals surface area contributed by atoms with Gasteiger partial charge in [0.2, 0.25) is 0 Å². The number of aliphatic carboxylic acids is 1. The fourth-order valence-electron chi connectivity index (χ4n) is 0.855. The lowest BCUT2D eigenvalue weighted by atomic mass is 10.3. The van der Waals surface area contributed by atoms with Crippen molar-refractivity contribution in [2.24, 2.45) is 0 Å². The molecule has 0 fully saturated rings. The van der Waals surface area contributed by atoms with E-state index in [4.69, 9.17) is 5.11 Å². The van der Waals surface area contributed by atoms with E-state index in [1.165, 1.54) is 4.57 Å². The molecule has 0 saturated heterocycles. The second kappa shape index (κ2) is 3.57. The molecule has 13 heavy (non-hydrogen) atoms. The van der Waals surface area contributed by atoms with E-state index in [1.807, 2.05) is 0 Å². The van der Waals surface area contributed by atoms with E-state index in [0.29, 0.717) is 0 Å². The van der Waals surface area contributed by atoms with Gasteiger partial charge >= 0.3 is 10.8 Å². The highest BCUT2D eigenvalue weighted by molar-refractivity contribution is 7.07. The van der Waals surface area contributed by atoms with Crippen LogP contribution in [0, 0.1) is 6.92 Å². The number of thiazole rings is 1. The van der Waals surface area contributed by atoms with Gasteiger partial charge in [-0.1, -0.05) is 17.9 Å². The van der Waals surface area contributed by atoms with Gasteiger partial charge in [-0.05, 0) is 6.92 Å². The summed E-state index contributed by atoms with van der Waals surface area (Å²) in [4.78, 5) is 21.4. The number of hydrogen-bond acceptors (Lipinski definition) is 3.